The SMILES string of the molecule is COc1cc(C=c2sc3nc(=O)c(C)nn3c2=O)ccc1O. The fourth-order valence-corrected chi connectivity index (χ4v) is 2.83. The van der Waals surface area contributed by atoms with Gasteiger partial charge in [0.1, 0.15) is 5.69 Å². The number of aromatic nitrogens is 3. The number of thiazole rings is 1. The standard InChI is InChI=1S/C14H11N3O4S/c1-7-12(19)15-14-17(16-7)13(20)11(22-14)6-8-3-4-9(18)10(5-8)21-2/h3-6,18H,1-2H3. The summed E-state index contributed by atoms with van der Waals surface area (Å²) in [4.78, 5) is 27.8. The van der Waals surface area contributed by atoms with Crippen molar-refractivity contribution < 1.29 is 9.84 Å². The van der Waals surface area contributed by atoms with Crippen molar-refractivity contribution >= 4 is 22.4 Å². The molecule has 8 heteroatoms. The number of phenols is 1. The summed E-state index contributed by atoms with van der Waals surface area (Å²) >= 11 is 1.08. The van der Waals surface area contributed by atoms with Gasteiger partial charge in [0.05, 0.1) is 11.6 Å². The fourth-order valence-electron chi connectivity index (χ4n) is 1.92. The van der Waals surface area contributed by atoms with Crippen LogP contribution in [-0.2, 0) is 0 Å². The van der Waals surface area contributed by atoms with Crippen LogP contribution in [0.4, 0.5) is 0 Å². The van der Waals surface area contributed by atoms with Crippen molar-refractivity contribution in [3.63, 3.8) is 0 Å². The molecule has 0 radical (unpaired) electrons. The number of rotatable bonds is 2. The van der Waals surface area contributed by atoms with Crippen molar-refractivity contribution in [2.24, 2.45) is 0 Å². The largest absolute Gasteiger partial charge is 0.504 e. The van der Waals surface area contributed by atoms with Crippen LogP contribution in [0, 0.1) is 6.92 Å². The van der Waals surface area contributed by atoms with Gasteiger partial charge in [-0.2, -0.15) is 14.6 Å². The maximum Gasteiger partial charge on any atom is 0.295 e. The van der Waals surface area contributed by atoms with Crippen molar-refractivity contribution in [2.45, 2.75) is 6.92 Å². The Labute approximate surface area is 127 Å². The quantitative estimate of drug-likeness (QED) is 0.719. The average molecular weight is 317 g/mol. The molecule has 0 atom stereocenters. The lowest BCUT2D eigenvalue weighted by molar-refractivity contribution is 0.373. The van der Waals surface area contributed by atoms with Crippen LogP contribution in [0.5, 0.6) is 11.5 Å². The van der Waals surface area contributed by atoms with Gasteiger partial charge in [-0.05, 0) is 30.7 Å². The Morgan fingerprint density at radius 2 is 2.14 bits per heavy atom. The Bertz CT molecular complexity index is 1040. The van der Waals surface area contributed by atoms with Gasteiger partial charge in [-0.1, -0.05) is 17.4 Å². The van der Waals surface area contributed by atoms with Crippen LogP contribution < -0.4 is 20.4 Å². The summed E-state index contributed by atoms with van der Waals surface area (Å²) in [7, 11) is 1.44. The first-order valence-electron chi connectivity index (χ1n) is 6.29. The summed E-state index contributed by atoms with van der Waals surface area (Å²) < 4.78 is 6.53. The molecule has 2 heterocycles. The summed E-state index contributed by atoms with van der Waals surface area (Å²) in [5.41, 5.74) is 0.0602. The molecule has 0 aliphatic heterocycles. The summed E-state index contributed by atoms with van der Waals surface area (Å²) in [6.07, 6.45) is 1.63. The van der Waals surface area contributed by atoms with E-state index in [0.29, 0.717) is 15.8 Å². The van der Waals surface area contributed by atoms with Crippen LogP contribution in [-0.4, -0.2) is 26.8 Å². The molecule has 0 amide bonds. The molecule has 0 aliphatic carbocycles. The van der Waals surface area contributed by atoms with E-state index in [4.69, 9.17) is 4.74 Å². The van der Waals surface area contributed by atoms with Crippen molar-refractivity contribution in [1.82, 2.24) is 14.6 Å². The number of methoxy groups -OCH3 is 1. The van der Waals surface area contributed by atoms with Crippen molar-refractivity contribution in [3.8, 4) is 11.5 Å². The first-order chi connectivity index (χ1) is 10.5. The molecule has 22 heavy (non-hydrogen) atoms. The second-order valence-electron chi connectivity index (χ2n) is 4.54. The molecule has 1 aromatic carbocycles. The molecule has 112 valence electrons. The van der Waals surface area contributed by atoms with Gasteiger partial charge in [-0.3, -0.25) is 9.59 Å². The molecule has 7 nitrogen and oxygen atoms in total. The number of hydrogen-bond acceptors (Lipinski definition) is 7. The topological polar surface area (TPSA) is 93.8 Å². The fraction of sp³-hybridized carbons (Fsp3) is 0.143. The van der Waals surface area contributed by atoms with Crippen molar-refractivity contribution in [1.29, 1.82) is 0 Å². The van der Waals surface area contributed by atoms with Crippen LogP contribution in [0.3, 0.4) is 0 Å². The van der Waals surface area contributed by atoms with Gasteiger partial charge < -0.3 is 9.84 Å². The third-order valence-corrected chi connectivity index (χ3v) is 4.00. The zero-order chi connectivity index (χ0) is 15.9. The number of nitrogens with zero attached hydrogens (tertiary/aromatic N) is 3. The number of hydrogen-bond donors (Lipinski definition) is 1. The van der Waals surface area contributed by atoms with E-state index in [1.165, 1.54) is 20.1 Å². The van der Waals surface area contributed by atoms with Crippen LogP contribution in [0.1, 0.15) is 11.3 Å². The third-order valence-electron chi connectivity index (χ3n) is 3.04. The van der Waals surface area contributed by atoms with E-state index in [1.807, 2.05) is 0 Å². The Balaban J connectivity index is 2.24. The number of phenolic OH excluding ortho intramolecular Hbond substituents is 1. The molecular weight excluding hydrogens is 306 g/mol. The summed E-state index contributed by atoms with van der Waals surface area (Å²) in [5, 5.41) is 13.5. The highest BCUT2D eigenvalue weighted by atomic mass is 32.1. The van der Waals surface area contributed by atoms with Gasteiger partial charge in [-0.25, -0.2) is 0 Å². The first kappa shape index (κ1) is 14.2. The molecular formula is C14H11N3O4S. The second kappa shape index (κ2) is 5.23. The molecule has 0 saturated carbocycles. The highest BCUT2D eigenvalue weighted by Gasteiger charge is 2.08. The molecule has 0 unspecified atom stereocenters. The Morgan fingerprint density at radius 3 is 2.86 bits per heavy atom. The molecule has 1 N–H and O–H groups in total. The van der Waals surface area contributed by atoms with Crippen LogP contribution in [0.2, 0.25) is 0 Å². The van der Waals surface area contributed by atoms with Crippen LogP contribution >= 0.6 is 11.3 Å². The average Bonchev–Trinajstić information content (AvgIpc) is 2.78. The third kappa shape index (κ3) is 2.33. The Morgan fingerprint density at radius 1 is 1.36 bits per heavy atom. The molecule has 2 aromatic heterocycles. The summed E-state index contributed by atoms with van der Waals surface area (Å²) in [6, 6.07) is 4.73. The highest BCUT2D eigenvalue weighted by Crippen LogP contribution is 2.26. The lowest BCUT2D eigenvalue weighted by Crippen LogP contribution is -2.27. The zero-order valence-corrected chi connectivity index (χ0v) is 12.5. The van der Waals surface area contributed by atoms with E-state index in [0.717, 1.165) is 15.9 Å². The molecule has 3 aromatic rings. The Kier molecular flexibility index (Phi) is 3.38. The normalized spacial score (nSPS) is 12.0. The second-order valence-corrected chi connectivity index (χ2v) is 5.55. The van der Waals surface area contributed by atoms with E-state index < -0.39 is 5.56 Å². The van der Waals surface area contributed by atoms with Crippen molar-refractivity contribution in [2.75, 3.05) is 7.11 Å². The summed E-state index contributed by atoms with van der Waals surface area (Å²) in [6.45, 7) is 1.51. The van der Waals surface area contributed by atoms with Gasteiger partial charge in [0.2, 0.25) is 4.96 Å². The van der Waals surface area contributed by atoms with Crippen molar-refractivity contribution in [3.05, 3.63) is 54.7 Å². The van der Waals surface area contributed by atoms with E-state index >= 15 is 0 Å². The maximum atomic E-state index is 12.3. The van der Waals surface area contributed by atoms with E-state index in [2.05, 4.69) is 10.1 Å². The number of benzene rings is 1. The molecule has 3 rings (SSSR count). The predicted molar refractivity (Wildman–Crippen MR) is 81.6 cm³/mol. The minimum absolute atomic E-state index is 0.0164. The maximum absolute atomic E-state index is 12.3. The monoisotopic (exact) mass is 317 g/mol. The van der Waals surface area contributed by atoms with Crippen LogP contribution in [0.15, 0.2) is 27.8 Å². The lowest BCUT2D eigenvalue weighted by atomic mass is 10.2. The first-order valence-corrected chi connectivity index (χ1v) is 7.10. The highest BCUT2D eigenvalue weighted by molar-refractivity contribution is 7.15. The minimum Gasteiger partial charge on any atom is -0.504 e. The van der Waals surface area contributed by atoms with Gasteiger partial charge in [0, 0.05) is 0 Å². The number of ether oxygens (including phenoxy) is 1. The molecule has 0 aliphatic rings. The van der Waals surface area contributed by atoms with E-state index in [9.17, 15) is 14.7 Å². The van der Waals surface area contributed by atoms with Crippen LogP contribution in [0.25, 0.3) is 11.0 Å². The molecule has 0 bridgehead atoms. The van der Waals surface area contributed by atoms with Gasteiger partial charge >= 0.3 is 0 Å². The van der Waals surface area contributed by atoms with Gasteiger partial charge in [0.15, 0.2) is 11.5 Å². The number of aromatic hydroxyl groups is 1. The number of aryl methyl sites for hydroxylation is 1. The minimum atomic E-state index is -0.445. The molecule has 0 fully saturated rings. The predicted octanol–water partition coefficient (Wildman–Crippen LogP) is 0.0815. The number of fused-ring (bicyclic) bond motifs is 1. The lowest BCUT2D eigenvalue weighted by Gasteiger charge is -2.03. The Hall–Kier alpha value is -2.74. The van der Waals surface area contributed by atoms with Gasteiger partial charge in [-0.15, -0.1) is 0 Å². The molecule has 0 saturated heterocycles. The van der Waals surface area contributed by atoms with E-state index in [-0.39, 0.29) is 22.0 Å². The summed E-state index contributed by atoms with van der Waals surface area (Å²) in [5.74, 6) is 0.326. The van der Waals surface area contributed by atoms with Gasteiger partial charge in [0.25, 0.3) is 11.1 Å². The molecule has 0 spiro atoms. The zero-order valence-electron chi connectivity index (χ0n) is 11.7. The smallest absolute Gasteiger partial charge is 0.295 e. The van der Waals surface area contributed by atoms with E-state index in [1.54, 1.807) is 18.2 Å².